The van der Waals surface area contributed by atoms with Crippen molar-refractivity contribution in [2.24, 2.45) is 0 Å². The minimum atomic E-state index is -0.571. The highest BCUT2D eigenvalue weighted by Gasteiger charge is 2.31. The van der Waals surface area contributed by atoms with Gasteiger partial charge in [-0.25, -0.2) is 14.8 Å². The van der Waals surface area contributed by atoms with Crippen LogP contribution in [-0.4, -0.2) is 93.0 Å². The van der Waals surface area contributed by atoms with Crippen molar-refractivity contribution < 1.29 is 23.7 Å². The first-order valence-corrected chi connectivity index (χ1v) is 16.3. The molecule has 5 rings (SSSR count). The van der Waals surface area contributed by atoms with Crippen LogP contribution in [0, 0.1) is 13.8 Å². The summed E-state index contributed by atoms with van der Waals surface area (Å²) in [7, 11) is 5.42. The number of nitrogens with one attached hydrogen (secondary N) is 1. The second kappa shape index (κ2) is 16.8. The zero-order valence-corrected chi connectivity index (χ0v) is 28.5. The number of anilines is 2. The van der Waals surface area contributed by atoms with Crippen molar-refractivity contribution in [2.75, 3.05) is 77.4 Å². The highest BCUT2D eigenvalue weighted by atomic mass is 16.6. The van der Waals surface area contributed by atoms with Crippen LogP contribution in [0.4, 0.5) is 16.3 Å². The maximum atomic E-state index is 14.1. The van der Waals surface area contributed by atoms with Crippen molar-refractivity contribution >= 4 is 17.6 Å². The molecule has 0 aliphatic carbocycles. The van der Waals surface area contributed by atoms with Crippen LogP contribution < -0.4 is 29.2 Å². The number of rotatable bonds is 14. The zero-order chi connectivity index (χ0) is 33.9. The second-order valence-corrected chi connectivity index (χ2v) is 11.9. The molecule has 1 atom stereocenters. The highest BCUT2D eigenvalue weighted by molar-refractivity contribution is 5.89. The van der Waals surface area contributed by atoms with Crippen molar-refractivity contribution in [2.45, 2.75) is 26.3 Å². The molecule has 3 aromatic carbocycles. The number of nitrogens with zero attached hydrogens (tertiary/aromatic N) is 5. The fourth-order valence-corrected chi connectivity index (χ4v) is 5.76. The van der Waals surface area contributed by atoms with Gasteiger partial charge >= 0.3 is 6.09 Å². The number of benzene rings is 3. The van der Waals surface area contributed by atoms with E-state index in [0.717, 1.165) is 61.5 Å². The van der Waals surface area contributed by atoms with Crippen LogP contribution in [0.25, 0.3) is 0 Å². The molecule has 11 nitrogen and oxygen atoms in total. The maximum absolute atomic E-state index is 14.1. The number of aromatic nitrogens is 2. The first kappa shape index (κ1) is 34.5. The molecule has 1 aromatic heterocycles. The van der Waals surface area contributed by atoms with Gasteiger partial charge in [-0.15, -0.1) is 0 Å². The Morgan fingerprint density at radius 2 is 1.71 bits per heavy atom. The number of para-hydroxylation sites is 1. The van der Waals surface area contributed by atoms with Crippen LogP contribution >= 0.6 is 0 Å². The van der Waals surface area contributed by atoms with Gasteiger partial charge in [0.2, 0.25) is 0 Å². The quantitative estimate of drug-likeness (QED) is 0.163. The molecule has 0 unspecified atom stereocenters. The standard InChI is InChI=1S/C37H46N6O5/c1-27-9-6-10-28(2)36(27)48-37(44)43(35-15-16-38-26-40-35)32(29-11-7-12-31(23-29)45-4)25-39-30-13-14-33(34(24-30)46-5)47-22-8-17-42-20-18-41(3)19-21-42/h6-7,9-16,23-24,26,32,39H,8,17-22,25H2,1-5H3/t32-/m0/s1. The van der Waals surface area contributed by atoms with Crippen LogP contribution in [0.2, 0.25) is 0 Å². The molecule has 2 heterocycles. The summed E-state index contributed by atoms with van der Waals surface area (Å²) in [6.07, 6.45) is 3.39. The van der Waals surface area contributed by atoms with Crippen LogP contribution in [0.15, 0.2) is 79.3 Å². The van der Waals surface area contributed by atoms with E-state index in [1.165, 1.54) is 6.33 Å². The molecule has 11 heteroatoms. The summed E-state index contributed by atoms with van der Waals surface area (Å²) in [5, 5.41) is 3.51. The molecular weight excluding hydrogens is 608 g/mol. The van der Waals surface area contributed by atoms with Crippen molar-refractivity contribution in [3.05, 3.63) is 95.9 Å². The van der Waals surface area contributed by atoms with Crippen LogP contribution in [0.1, 0.15) is 29.2 Å². The number of likely N-dealkylation sites (N-methyl/N-ethyl adjacent to an activating group) is 1. The summed E-state index contributed by atoms with van der Waals surface area (Å²) in [5.41, 5.74) is 3.34. The van der Waals surface area contributed by atoms with Gasteiger partial charge in [0, 0.05) is 57.2 Å². The third-order valence-electron chi connectivity index (χ3n) is 8.53. The highest BCUT2D eigenvalue weighted by Crippen LogP contribution is 2.34. The van der Waals surface area contributed by atoms with Gasteiger partial charge in [-0.1, -0.05) is 30.3 Å². The number of carbonyl (C=O) groups is 1. The smallest absolute Gasteiger partial charge is 0.421 e. The molecule has 1 fully saturated rings. The molecule has 1 amide bonds. The van der Waals surface area contributed by atoms with E-state index in [-0.39, 0.29) is 0 Å². The Labute approximate surface area is 283 Å². The Kier molecular flexibility index (Phi) is 12.1. The summed E-state index contributed by atoms with van der Waals surface area (Å²) in [4.78, 5) is 29.0. The van der Waals surface area contributed by atoms with E-state index in [9.17, 15) is 4.79 Å². The summed E-state index contributed by atoms with van der Waals surface area (Å²) in [6.45, 7) is 10.1. The lowest BCUT2D eigenvalue weighted by Gasteiger charge is -2.32. The van der Waals surface area contributed by atoms with Crippen molar-refractivity contribution in [1.82, 2.24) is 19.8 Å². The van der Waals surface area contributed by atoms with Crippen LogP contribution in [-0.2, 0) is 0 Å². The lowest BCUT2D eigenvalue weighted by atomic mass is 10.0. The van der Waals surface area contributed by atoms with E-state index in [4.69, 9.17) is 18.9 Å². The number of piperazine rings is 1. The average Bonchev–Trinajstić information content (AvgIpc) is 3.11. The molecule has 1 aliphatic heterocycles. The summed E-state index contributed by atoms with van der Waals surface area (Å²) < 4.78 is 23.5. The molecule has 1 saturated heterocycles. The largest absolute Gasteiger partial charge is 0.497 e. The Balaban J connectivity index is 1.36. The van der Waals surface area contributed by atoms with Crippen LogP contribution in [0.3, 0.4) is 0 Å². The van der Waals surface area contributed by atoms with Gasteiger partial charge in [-0.2, -0.15) is 0 Å². The van der Waals surface area contributed by atoms with E-state index in [1.807, 2.05) is 74.5 Å². The predicted molar refractivity (Wildman–Crippen MR) is 188 cm³/mol. The normalized spacial score (nSPS) is 14.2. The predicted octanol–water partition coefficient (Wildman–Crippen LogP) is 5.99. The number of ether oxygens (including phenoxy) is 4. The van der Waals surface area contributed by atoms with E-state index in [1.54, 1.807) is 31.4 Å². The van der Waals surface area contributed by atoms with Gasteiger partial charge in [0.1, 0.15) is 23.6 Å². The van der Waals surface area contributed by atoms with Gasteiger partial charge in [0.05, 0.1) is 26.9 Å². The lowest BCUT2D eigenvalue weighted by Crippen LogP contribution is -2.44. The molecular formula is C37H46N6O5. The fraction of sp³-hybridized carbons (Fsp3) is 0.378. The summed E-state index contributed by atoms with van der Waals surface area (Å²) in [5.74, 6) is 2.89. The average molecular weight is 655 g/mol. The topological polar surface area (TPSA) is 102 Å². The molecule has 4 aromatic rings. The molecule has 1 aliphatic rings. The van der Waals surface area contributed by atoms with Crippen molar-refractivity contribution in [1.29, 1.82) is 0 Å². The fourth-order valence-electron chi connectivity index (χ4n) is 5.76. The van der Waals surface area contributed by atoms with E-state index in [0.29, 0.717) is 42.0 Å². The zero-order valence-electron chi connectivity index (χ0n) is 28.5. The first-order valence-electron chi connectivity index (χ1n) is 16.3. The number of amides is 1. The van der Waals surface area contributed by atoms with E-state index < -0.39 is 12.1 Å². The number of hydrogen-bond acceptors (Lipinski definition) is 10. The molecule has 254 valence electrons. The molecule has 0 saturated carbocycles. The van der Waals surface area contributed by atoms with Gasteiger partial charge < -0.3 is 34.1 Å². The molecule has 0 spiro atoms. The number of methoxy groups -OCH3 is 2. The minimum Gasteiger partial charge on any atom is -0.497 e. The van der Waals surface area contributed by atoms with Gasteiger partial charge in [0.15, 0.2) is 11.5 Å². The number of carbonyl (C=O) groups excluding carboxylic acids is 1. The van der Waals surface area contributed by atoms with Crippen LogP contribution in [0.5, 0.6) is 23.0 Å². The first-order chi connectivity index (χ1) is 23.4. The van der Waals surface area contributed by atoms with E-state index >= 15 is 0 Å². The molecule has 0 bridgehead atoms. The van der Waals surface area contributed by atoms with E-state index in [2.05, 4.69) is 32.1 Å². The van der Waals surface area contributed by atoms with Gasteiger partial charge in [-0.05, 0) is 74.3 Å². The van der Waals surface area contributed by atoms with Crippen molar-refractivity contribution in [3.8, 4) is 23.0 Å². The lowest BCUT2D eigenvalue weighted by molar-refractivity contribution is 0.145. The monoisotopic (exact) mass is 654 g/mol. The van der Waals surface area contributed by atoms with Crippen molar-refractivity contribution in [3.63, 3.8) is 0 Å². The van der Waals surface area contributed by atoms with Gasteiger partial charge in [-0.3, -0.25) is 4.90 Å². The Morgan fingerprint density at radius 1 is 0.938 bits per heavy atom. The Bertz CT molecular complexity index is 1610. The third-order valence-corrected chi connectivity index (χ3v) is 8.53. The third kappa shape index (κ3) is 8.93. The maximum Gasteiger partial charge on any atom is 0.421 e. The molecule has 48 heavy (non-hydrogen) atoms. The summed E-state index contributed by atoms with van der Waals surface area (Å²) >= 11 is 0. The Morgan fingerprint density at radius 3 is 2.42 bits per heavy atom. The summed E-state index contributed by atoms with van der Waals surface area (Å²) in [6, 6.07) is 20.3. The minimum absolute atomic E-state index is 0.313. The SMILES string of the molecule is COc1cccc([C@H](CNc2ccc(OCCCN3CCN(C)CC3)c(OC)c2)N(C(=O)Oc2c(C)cccc2C)c2ccncn2)c1. The Hall–Kier alpha value is -4.87. The molecule has 1 N–H and O–H groups in total. The molecule has 0 radical (unpaired) electrons. The number of aryl methyl sites for hydroxylation is 2. The second-order valence-electron chi connectivity index (χ2n) is 11.9. The number of hydrogen-bond donors (Lipinski definition) is 1. The van der Waals surface area contributed by atoms with Gasteiger partial charge in [0.25, 0.3) is 0 Å².